The Morgan fingerprint density at radius 2 is 1.68 bits per heavy atom. The number of benzene rings is 3. The molecule has 5 rings (SSSR count). The summed E-state index contributed by atoms with van der Waals surface area (Å²) in [6.07, 6.45) is 2.97. The van der Waals surface area contributed by atoms with Gasteiger partial charge in [0.1, 0.15) is 0 Å². The lowest BCUT2D eigenvalue weighted by Crippen LogP contribution is -2.34. The maximum atomic E-state index is 13.3. The van der Waals surface area contributed by atoms with E-state index in [1.165, 1.54) is 12.5 Å². The summed E-state index contributed by atoms with van der Waals surface area (Å²) >= 11 is 12.4. The van der Waals surface area contributed by atoms with Crippen LogP contribution in [-0.4, -0.2) is 40.2 Å². The largest absolute Gasteiger partial charge is 0.326 e. The standard InChI is InChI=1S/C30H30Cl2N4O2/c1-20(37)33-26-5-2-4-23(18-26)21-12-16-35(17-13-21)14-3-15-36-30(38)27-11-10-25(32)19-28(27)29(34-36)22-6-8-24(31)9-7-22/h2,4-11,18-19,21H,3,12-17H2,1H3,(H,33,37). The molecule has 38 heavy (non-hydrogen) atoms. The van der Waals surface area contributed by atoms with Crippen molar-refractivity contribution in [2.45, 2.75) is 38.6 Å². The Kier molecular flexibility index (Phi) is 8.12. The summed E-state index contributed by atoms with van der Waals surface area (Å²) in [6, 6.07) is 21.0. The first-order valence-corrected chi connectivity index (χ1v) is 13.7. The van der Waals surface area contributed by atoms with Crippen molar-refractivity contribution in [3.8, 4) is 11.3 Å². The summed E-state index contributed by atoms with van der Waals surface area (Å²) in [5.41, 5.74) is 3.64. The second-order valence-corrected chi connectivity index (χ2v) is 10.7. The van der Waals surface area contributed by atoms with Crippen molar-refractivity contribution >= 4 is 45.6 Å². The smallest absolute Gasteiger partial charge is 0.274 e. The van der Waals surface area contributed by atoms with Crippen molar-refractivity contribution in [1.82, 2.24) is 14.7 Å². The van der Waals surface area contributed by atoms with Gasteiger partial charge >= 0.3 is 0 Å². The highest BCUT2D eigenvalue weighted by atomic mass is 35.5. The number of halogens is 2. The van der Waals surface area contributed by atoms with Crippen LogP contribution in [-0.2, 0) is 11.3 Å². The van der Waals surface area contributed by atoms with Crippen LogP contribution in [0.2, 0.25) is 10.0 Å². The van der Waals surface area contributed by atoms with Gasteiger partial charge in [-0.25, -0.2) is 4.68 Å². The molecule has 0 aliphatic carbocycles. The number of rotatable bonds is 7. The number of piperidine rings is 1. The highest BCUT2D eigenvalue weighted by Gasteiger charge is 2.21. The summed E-state index contributed by atoms with van der Waals surface area (Å²) in [5.74, 6) is 0.430. The lowest BCUT2D eigenvalue weighted by molar-refractivity contribution is -0.114. The molecule has 0 radical (unpaired) electrons. The van der Waals surface area contributed by atoms with Gasteiger partial charge in [0.2, 0.25) is 5.91 Å². The number of carbonyl (C=O) groups excluding carboxylic acids is 1. The maximum Gasteiger partial charge on any atom is 0.274 e. The number of likely N-dealkylation sites (tertiary alicyclic amines) is 1. The van der Waals surface area contributed by atoms with Crippen LogP contribution in [0.1, 0.15) is 37.7 Å². The fraction of sp³-hybridized carbons (Fsp3) is 0.300. The summed E-state index contributed by atoms with van der Waals surface area (Å²) in [6.45, 7) is 4.98. The molecule has 0 atom stereocenters. The van der Waals surface area contributed by atoms with E-state index in [1.807, 2.05) is 36.4 Å². The van der Waals surface area contributed by atoms with Gasteiger partial charge in [-0.05, 0) is 92.8 Å². The van der Waals surface area contributed by atoms with Crippen LogP contribution in [0.4, 0.5) is 5.69 Å². The maximum absolute atomic E-state index is 13.3. The first kappa shape index (κ1) is 26.4. The van der Waals surface area contributed by atoms with E-state index >= 15 is 0 Å². The van der Waals surface area contributed by atoms with Crippen LogP contribution in [0.5, 0.6) is 0 Å². The molecule has 0 spiro atoms. The molecule has 1 aliphatic heterocycles. The van der Waals surface area contributed by atoms with Crippen molar-refractivity contribution in [2.24, 2.45) is 0 Å². The third kappa shape index (κ3) is 6.09. The fourth-order valence-corrected chi connectivity index (χ4v) is 5.54. The van der Waals surface area contributed by atoms with E-state index in [1.54, 1.807) is 22.9 Å². The Morgan fingerprint density at radius 3 is 2.42 bits per heavy atom. The highest BCUT2D eigenvalue weighted by Crippen LogP contribution is 2.30. The zero-order chi connectivity index (χ0) is 26.6. The van der Waals surface area contributed by atoms with Gasteiger partial charge in [-0.3, -0.25) is 9.59 Å². The van der Waals surface area contributed by atoms with E-state index in [9.17, 15) is 9.59 Å². The van der Waals surface area contributed by atoms with Crippen LogP contribution < -0.4 is 10.9 Å². The fourth-order valence-electron chi connectivity index (χ4n) is 5.24. The lowest BCUT2D eigenvalue weighted by Gasteiger charge is -2.32. The summed E-state index contributed by atoms with van der Waals surface area (Å²) in [5, 5.41) is 10.2. The van der Waals surface area contributed by atoms with Crippen molar-refractivity contribution in [2.75, 3.05) is 25.0 Å². The van der Waals surface area contributed by atoms with Crippen molar-refractivity contribution in [3.05, 3.63) is 92.7 Å². The van der Waals surface area contributed by atoms with E-state index in [0.29, 0.717) is 27.9 Å². The molecule has 6 nitrogen and oxygen atoms in total. The molecule has 1 aliphatic rings. The minimum absolute atomic E-state index is 0.0546. The van der Waals surface area contributed by atoms with Gasteiger partial charge in [0.15, 0.2) is 0 Å². The van der Waals surface area contributed by atoms with Gasteiger partial charge in [0, 0.05) is 40.2 Å². The Morgan fingerprint density at radius 1 is 0.947 bits per heavy atom. The molecule has 1 saturated heterocycles. The molecule has 2 heterocycles. The number of fused-ring (bicyclic) bond motifs is 1. The molecule has 1 N–H and O–H groups in total. The second-order valence-electron chi connectivity index (χ2n) is 9.85. The number of carbonyl (C=O) groups is 1. The monoisotopic (exact) mass is 548 g/mol. The van der Waals surface area contributed by atoms with Crippen LogP contribution in [0, 0.1) is 0 Å². The van der Waals surface area contributed by atoms with E-state index in [4.69, 9.17) is 28.3 Å². The molecule has 8 heteroatoms. The van der Waals surface area contributed by atoms with E-state index in [2.05, 4.69) is 22.3 Å². The minimum Gasteiger partial charge on any atom is -0.326 e. The van der Waals surface area contributed by atoms with Gasteiger partial charge in [0.25, 0.3) is 5.56 Å². The molecule has 4 aromatic rings. The summed E-state index contributed by atoms with van der Waals surface area (Å²) in [4.78, 5) is 27.1. The van der Waals surface area contributed by atoms with E-state index < -0.39 is 0 Å². The van der Waals surface area contributed by atoms with Crippen LogP contribution >= 0.6 is 23.2 Å². The van der Waals surface area contributed by atoms with Gasteiger partial charge < -0.3 is 10.2 Å². The van der Waals surface area contributed by atoms with Gasteiger partial charge in [0.05, 0.1) is 11.1 Å². The highest BCUT2D eigenvalue weighted by molar-refractivity contribution is 6.31. The van der Waals surface area contributed by atoms with Crippen molar-refractivity contribution in [3.63, 3.8) is 0 Å². The number of hydrogen-bond donors (Lipinski definition) is 1. The predicted molar refractivity (Wildman–Crippen MR) is 155 cm³/mol. The van der Waals surface area contributed by atoms with E-state index in [-0.39, 0.29) is 11.5 Å². The Hall–Kier alpha value is -3.19. The molecular weight excluding hydrogens is 519 g/mol. The molecule has 196 valence electrons. The topological polar surface area (TPSA) is 67.2 Å². The first-order valence-electron chi connectivity index (χ1n) is 12.9. The third-order valence-electron chi connectivity index (χ3n) is 7.15. The zero-order valence-corrected chi connectivity index (χ0v) is 22.8. The molecule has 1 fully saturated rings. The van der Waals surface area contributed by atoms with Crippen LogP contribution in [0.3, 0.4) is 0 Å². The zero-order valence-electron chi connectivity index (χ0n) is 21.3. The number of hydrogen-bond acceptors (Lipinski definition) is 4. The molecule has 1 aromatic heterocycles. The van der Waals surface area contributed by atoms with E-state index in [0.717, 1.165) is 61.2 Å². The number of anilines is 1. The van der Waals surface area contributed by atoms with Crippen molar-refractivity contribution in [1.29, 1.82) is 0 Å². The normalized spacial score (nSPS) is 14.6. The second kappa shape index (κ2) is 11.7. The average Bonchev–Trinajstić information content (AvgIpc) is 2.91. The molecule has 1 amide bonds. The number of aromatic nitrogens is 2. The number of nitrogens with one attached hydrogen (secondary N) is 1. The molecule has 0 bridgehead atoms. The molecule has 0 saturated carbocycles. The lowest BCUT2D eigenvalue weighted by atomic mass is 9.89. The van der Waals surface area contributed by atoms with Crippen molar-refractivity contribution < 1.29 is 4.79 Å². The van der Waals surface area contributed by atoms with Gasteiger partial charge in [-0.15, -0.1) is 0 Å². The SMILES string of the molecule is CC(=O)Nc1cccc(C2CCN(CCCn3nc(-c4ccc(Cl)cc4)c4cc(Cl)ccc4c3=O)CC2)c1. The molecule has 0 unspecified atom stereocenters. The Bertz CT molecular complexity index is 1510. The number of amides is 1. The van der Waals surface area contributed by atoms with Crippen LogP contribution in [0.25, 0.3) is 22.0 Å². The first-order chi connectivity index (χ1) is 18.4. The Labute approximate surface area is 232 Å². The van der Waals surface area contributed by atoms with Gasteiger partial charge in [-0.1, -0.05) is 47.5 Å². The average molecular weight is 550 g/mol. The quantitative estimate of drug-likeness (QED) is 0.282. The predicted octanol–water partition coefficient (Wildman–Crippen LogP) is 6.60. The van der Waals surface area contributed by atoms with Crippen LogP contribution in [0.15, 0.2) is 71.5 Å². The summed E-state index contributed by atoms with van der Waals surface area (Å²) < 4.78 is 1.58. The third-order valence-corrected chi connectivity index (χ3v) is 7.64. The molecular formula is C30H30Cl2N4O2. The number of aryl methyl sites for hydroxylation is 1. The summed E-state index contributed by atoms with van der Waals surface area (Å²) in [7, 11) is 0. The Balaban J connectivity index is 1.25. The van der Waals surface area contributed by atoms with Gasteiger partial charge in [-0.2, -0.15) is 5.10 Å². The molecule has 3 aromatic carbocycles. The minimum atomic E-state index is -0.104. The number of nitrogens with zero attached hydrogens (tertiary/aromatic N) is 3.